The van der Waals surface area contributed by atoms with Gasteiger partial charge in [-0.25, -0.2) is 4.57 Å². The fraction of sp³-hybridized carbons (Fsp3) is 0.395. The highest BCUT2D eigenvalue weighted by molar-refractivity contribution is 6.31. The maximum absolute atomic E-state index is 14.0. The van der Waals surface area contributed by atoms with E-state index in [-0.39, 0.29) is 11.6 Å². The topological polar surface area (TPSA) is 80.9 Å². The first-order valence-corrected chi connectivity index (χ1v) is 18.7. The maximum atomic E-state index is 14.0. The number of nitrogens with zero attached hydrogens (tertiary/aromatic N) is 5. The highest BCUT2D eigenvalue weighted by Gasteiger charge is 2.33. The minimum atomic E-state index is -0.0908. The number of ketones is 2. The molecule has 1 heterocycles. The van der Waals surface area contributed by atoms with Gasteiger partial charge in [-0.1, -0.05) is 42.5 Å². The molecule has 2 N–H and O–H groups in total. The van der Waals surface area contributed by atoms with E-state index in [0.29, 0.717) is 22.3 Å². The van der Waals surface area contributed by atoms with Crippen LogP contribution in [0.3, 0.4) is 0 Å². The number of benzene rings is 3. The van der Waals surface area contributed by atoms with E-state index in [1.165, 1.54) is 19.3 Å². The van der Waals surface area contributed by atoms with E-state index in [2.05, 4.69) is 63.8 Å². The smallest absolute Gasteiger partial charge is 0.198 e. The van der Waals surface area contributed by atoms with Crippen LogP contribution in [0.25, 0.3) is 0 Å². The molecule has 9 heteroatoms. The van der Waals surface area contributed by atoms with Crippen LogP contribution in [0.5, 0.6) is 0 Å². The summed E-state index contributed by atoms with van der Waals surface area (Å²) in [5.74, 6) is -0.181. The number of fused-ring (bicyclic) bond motifs is 2. The molecular weight excluding hydrogens is 647 g/mol. The molecule has 1 aliphatic rings. The molecule has 0 bridgehead atoms. The van der Waals surface area contributed by atoms with Crippen LogP contribution in [0.15, 0.2) is 96.4 Å². The number of nitrogens with one attached hydrogen (secondary N) is 2. The highest BCUT2D eigenvalue weighted by Crippen LogP contribution is 2.35. The third-order valence-electron chi connectivity index (χ3n) is 9.78. The monoisotopic (exact) mass is 703 g/mol. The van der Waals surface area contributed by atoms with Gasteiger partial charge in [0.1, 0.15) is 6.54 Å². The van der Waals surface area contributed by atoms with Crippen LogP contribution in [0, 0.1) is 0 Å². The van der Waals surface area contributed by atoms with Crippen LogP contribution in [-0.4, -0.2) is 95.1 Å². The summed E-state index contributed by atoms with van der Waals surface area (Å²) in [6.07, 6.45) is 12.9. The Morgan fingerprint density at radius 3 is 1.90 bits per heavy atom. The Kier molecular flexibility index (Phi) is 13.7. The molecule has 0 unspecified atom stereocenters. The van der Waals surface area contributed by atoms with Crippen molar-refractivity contribution in [1.29, 1.82) is 0 Å². The van der Waals surface area contributed by atoms with E-state index in [0.717, 1.165) is 85.6 Å². The molecule has 4 aromatic rings. The Hall–Kier alpha value is -4.86. The third kappa shape index (κ3) is 10.6. The first-order chi connectivity index (χ1) is 25.1. The number of aromatic nitrogens is 1. The van der Waals surface area contributed by atoms with Gasteiger partial charge in [-0.3, -0.25) is 14.6 Å². The van der Waals surface area contributed by atoms with Crippen molar-refractivity contribution < 1.29 is 18.6 Å². The number of para-hydroxylation sites is 1. The molecule has 5 rings (SSSR count). The van der Waals surface area contributed by atoms with Gasteiger partial charge in [-0.15, -0.1) is 0 Å². The van der Waals surface area contributed by atoms with Gasteiger partial charge in [0, 0.05) is 73.2 Å². The second-order valence-electron chi connectivity index (χ2n) is 14.7. The Labute approximate surface area is 310 Å². The summed E-state index contributed by atoms with van der Waals surface area (Å²) in [5.41, 5.74) is 5.56. The Balaban J connectivity index is 1.02. The van der Waals surface area contributed by atoms with Crippen molar-refractivity contribution in [3.8, 4) is 0 Å². The van der Waals surface area contributed by atoms with Crippen molar-refractivity contribution in [3.05, 3.63) is 119 Å². The number of hydrogen-bond acceptors (Lipinski definition) is 7. The van der Waals surface area contributed by atoms with Crippen LogP contribution in [0.1, 0.15) is 75.9 Å². The Morgan fingerprint density at radius 1 is 0.673 bits per heavy atom. The average molecular weight is 704 g/mol. The zero-order valence-corrected chi connectivity index (χ0v) is 31.8. The van der Waals surface area contributed by atoms with Crippen molar-refractivity contribution in [2.45, 2.75) is 45.1 Å². The fourth-order valence-corrected chi connectivity index (χ4v) is 6.75. The number of pyridine rings is 1. The van der Waals surface area contributed by atoms with Crippen LogP contribution < -0.4 is 20.2 Å². The number of quaternary nitrogens is 1. The lowest BCUT2D eigenvalue weighted by atomic mass is 9.82. The number of unbranched alkanes of at least 4 members (excludes halogenated alkanes) is 3. The average Bonchev–Trinajstić information content (AvgIpc) is 3.15. The zero-order chi connectivity index (χ0) is 36.9. The van der Waals surface area contributed by atoms with E-state index in [9.17, 15) is 9.59 Å². The molecule has 0 saturated carbocycles. The molecule has 0 saturated heterocycles. The lowest BCUT2D eigenvalue weighted by molar-refractivity contribution is -0.890. The molecule has 0 spiro atoms. The summed E-state index contributed by atoms with van der Waals surface area (Å²) in [7, 11) is 10.7. The molecular formula is C43H57N7O2+2. The van der Waals surface area contributed by atoms with Gasteiger partial charge in [0.25, 0.3) is 0 Å². The number of aryl methyl sites for hydroxylation is 1. The largest absolute Gasteiger partial charge is 0.384 e. The number of carbonyl (C=O) groups excluding carboxylic acids is 2. The normalized spacial score (nSPS) is 12.7. The standard InChI is InChI=1S/C43H56N7O2/c1-47(2)27-15-25-44-38-21-13-19-36-40(38)43(52)41-37(42(36)51)20-14-22-39(41)45-26-16-32-50(4,5)31-12-7-6-11-28-49-29-23-34(24-30-49)33-46-48(3)35-17-9-8-10-18-35/h8-10,13-14,17-24,29-30,33H,6-7,11-12,15-16,25-28,31-32H2,1-5H3,(H-,44,45,52)/q+1/p+1. The number of anilines is 3. The second kappa shape index (κ2) is 18.6. The summed E-state index contributed by atoms with van der Waals surface area (Å²) >= 11 is 0. The van der Waals surface area contributed by atoms with Gasteiger partial charge in [0.15, 0.2) is 24.0 Å². The molecule has 0 radical (unpaired) electrons. The molecule has 3 aromatic carbocycles. The first-order valence-electron chi connectivity index (χ1n) is 18.7. The number of carbonyl (C=O) groups is 2. The zero-order valence-electron chi connectivity index (χ0n) is 31.8. The van der Waals surface area contributed by atoms with Crippen LogP contribution >= 0.6 is 0 Å². The Morgan fingerprint density at radius 2 is 1.27 bits per heavy atom. The summed E-state index contributed by atoms with van der Waals surface area (Å²) in [5, 5.41) is 13.4. The predicted molar refractivity (Wildman–Crippen MR) is 214 cm³/mol. The molecule has 0 atom stereocenters. The van der Waals surface area contributed by atoms with Crippen molar-refractivity contribution in [3.63, 3.8) is 0 Å². The van der Waals surface area contributed by atoms with Crippen LogP contribution in [0.4, 0.5) is 17.1 Å². The molecule has 1 aromatic heterocycles. The van der Waals surface area contributed by atoms with E-state index in [1.807, 2.05) is 87.0 Å². The second-order valence-corrected chi connectivity index (χ2v) is 14.7. The minimum absolute atomic E-state index is 0.0900. The number of hydrazone groups is 1. The lowest BCUT2D eigenvalue weighted by Gasteiger charge is -2.30. The van der Waals surface area contributed by atoms with Crippen molar-refractivity contribution in [2.75, 3.05) is 83.6 Å². The van der Waals surface area contributed by atoms with Gasteiger partial charge >= 0.3 is 0 Å². The Bertz CT molecular complexity index is 1800. The molecule has 0 aliphatic heterocycles. The minimum Gasteiger partial charge on any atom is -0.384 e. The predicted octanol–water partition coefficient (Wildman–Crippen LogP) is 6.72. The summed E-state index contributed by atoms with van der Waals surface area (Å²) in [6.45, 7) is 5.60. The SMILES string of the molecule is CN(C)CCCNc1cccc2c1C(=O)c1c(NCCC[N+](C)(C)CCCCCC[n+]3ccc(C=NN(C)c4ccccc4)cc3)cccc1C2=O. The first kappa shape index (κ1) is 38.4. The molecule has 0 amide bonds. The molecule has 9 nitrogen and oxygen atoms in total. The maximum Gasteiger partial charge on any atom is 0.198 e. The van der Waals surface area contributed by atoms with E-state index < -0.39 is 0 Å². The van der Waals surface area contributed by atoms with Crippen molar-refractivity contribution in [2.24, 2.45) is 5.10 Å². The quantitative estimate of drug-likeness (QED) is 0.0308. The van der Waals surface area contributed by atoms with Gasteiger partial charge in [0.2, 0.25) is 0 Å². The molecule has 1 aliphatic carbocycles. The number of rotatable bonds is 20. The summed E-state index contributed by atoms with van der Waals surface area (Å²) in [6, 6.07) is 25.5. The van der Waals surface area contributed by atoms with Crippen LogP contribution in [0.2, 0.25) is 0 Å². The highest BCUT2D eigenvalue weighted by atomic mass is 16.1. The van der Waals surface area contributed by atoms with Gasteiger partial charge in [-0.05, 0) is 70.6 Å². The van der Waals surface area contributed by atoms with E-state index >= 15 is 0 Å². The molecule has 0 fully saturated rings. The molecule has 274 valence electrons. The van der Waals surface area contributed by atoms with Crippen molar-refractivity contribution >= 4 is 34.8 Å². The van der Waals surface area contributed by atoms with E-state index in [4.69, 9.17) is 0 Å². The number of hydrogen-bond donors (Lipinski definition) is 2. The van der Waals surface area contributed by atoms with E-state index in [1.54, 1.807) is 12.1 Å². The lowest BCUT2D eigenvalue weighted by Crippen LogP contribution is -2.41. The van der Waals surface area contributed by atoms with Gasteiger partial charge < -0.3 is 20.0 Å². The molecule has 52 heavy (non-hydrogen) atoms. The third-order valence-corrected chi connectivity index (χ3v) is 9.78. The van der Waals surface area contributed by atoms with Crippen molar-refractivity contribution in [1.82, 2.24) is 4.90 Å². The summed E-state index contributed by atoms with van der Waals surface area (Å²) in [4.78, 5) is 29.6. The summed E-state index contributed by atoms with van der Waals surface area (Å²) < 4.78 is 3.21. The fourth-order valence-electron chi connectivity index (χ4n) is 6.75. The van der Waals surface area contributed by atoms with Crippen LogP contribution in [-0.2, 0) is 6.54 Å². The van der Waals surface area contributed by atoms with Gasteiger partial charge in [-0.2, -0.15) is 5.10 Å². The van der Waals surface area contributed by atoms with Gasteiger partial charge in [0.05, 0.1) is 50.2 Å².